The van der Waals surface area contributed by atoms with Gasteiger partial charge in [-0.1, -0.05) is 23.8 Å². The first kappa shape index (κ1) is 14.1. The Morgan fingerprint density at radius 2 is 1.95 bits per heavy atom. The van der Waals surface area contributed by atoms with Gasteiger partial charge in [-0.2, -0.15) is 0 Å². The summed E-state index contributed by atoms with van der Waals surface area (Å²) in [6.45, 7) is 4.22. The Balaban J connectivity index is 2.06. The summed E-state index contributed by atoms with van der Waals surface area (Å²) in [5.74, 6) is 0.864. The van der Waals surface area contributed by atoms with Crippen LogP contribution in [0.5, 0.6) is 5.75 Å². The van der Waals surface area contributed by atoms with Crippen LogP contribution in [0.15, 0.2) is 42.5 Å². The van der Waals surface area contributed by atoms with Gasteiger partial charge in [0.15, 0.2) is 5.78 Å². The van der Waals surface area contributed by atoms with E-state index in [1.165, 1.54) is 0 Å². The lowest BCUT2D eigenvalue weighted by Crippen LogP contribution is -2.15. The van der Waals surface area contributed by atoms with Crippen molar-refractivity contribution in [1.29, 1.82) is 0 Å². The van der Waals surface area contributed by atoms with Crippen LogP contribution in [-0.2, 0) is 0 Å². The third kappa shape index (κ3) is 3.38. The third-order valence-corrected chi connectivity index (χ3v) is 3.22. The number of ketones is 1. The van der Waals surface area contributed by atoms with Gasteiger partial charge in [0.25, 0.3) is 0 Å². The van der Waals surface area contributed by atoms with Crippen LogP contribution in [0.3, 0.4) is 0 Å². The maximum absolute atomic E-state index is 12.3. The normalized spacial score (nSPS) is 10.2. The molecule has 2 rings (SSSR count). The van der Waals surface area contributed by atoms with Crippen molar-refractivity contribution >= 4 is 11.5 Å². The molecule has 2 aromatic rings. The second kappa shape index (κ2) is 6.24. The molecule has 0 fully saturated rings. The summed E-state index contributed by atoms with van der Waals surface area (Å²) in [4.78, 5) is 12.3. The molecule has 0 heterocycles. The van der Waals surface area contributed by atoms with Crippen molar-refractivity contribution in [2.75, 3.05) is 19.0 Å². The molecular weight excluding hydrogens is 250 g/mol. The Hall–Kier alpha value is -2.29. The van der Waals surface area contributed by atoms with Crippen LogP contribution in [0.4, 0.5) is 5.69 Å². The Morgan fingerprint density at radius 1 is 1.15 bits per heavy atom. The lowest BCUT2D eigenvalue weighted by atomic mass is 10.0. The Kier molecular flexibility index (Phi) is 4.41. The summed E-state index contributed by atoms with van der Waals surface area (Å²) in [7, 11) is 1.63. The molecule has 0 radical (unpaired) electrons. The molecule has 1 N–H and O–H groups in total. The first-order chi connectivity index (χ1) is 9.60. The molecule has 0 aliphatic rings. The van der Waals surface area contributed by atoms with E-state index in [2.05, 4.69) is 5.32 Å². The number of hydrogen-bond acceptors (Lipinski definition) is 3. The van der Waals surface area contributed by atoms with E-state index in [-0.39, 0.29) is 12.3 Å². The summed E-state index contributed by atoms with van der Waals surface area (Å²) in [6.07, 6.45) is 0. The van der Waals surface area contributed by atoms with Crippen molar-refractivity contribution in [2.24, 2.45) is 0 Å². The molecule has 0 bridgehead atoms. The monoisotopic (exact) mass is 269 g/mol. The SMILES string of the molecule is COc1cccc(NCC(=O)c2cc(C)ccc2C)c1. The van der Waals surface area contributed by atoms with Gasteiger partial charge in [0.05, 0.1) is 13.7 Å². The Bertz CT molecular complexity index is 620. The fourth-order valence-corrected chi connectivity index (χ4v) is 2.05. The number of carbonyl (C=O) groups is 1. The lowest BCUT2D eigenvalue weighted by Gasteiger charge is -2.09. The maximum Gasteiger partial charge on any atom is 0.182 e. The Labute approximate surface area is 119 Å². The Morgan fingerprint density at radius 3 is 2.70 bits per heavy atom. The summed E-state index contributed by atoms with van der Waals surface area (Å²) in [5, 5.41) is 3.13. The van der Waals surface area contributed by atoms with E-state index < -0.39 is 0 Å². The zero-order valence-electron chi connectivity index (χ0n) is 12.1. The van der Waals surface area contributed by atoms with Crippen molar-refractivity contribution in [3.63, 3.8) is 0 Å². The topological polar surface area (TPSA) is 38.3 Å². The number of anilines is 1. The van der Waals surface area contributed by atoms with E-state index in [1.54, 1.807) is 7.11 Å². The van der Waals surface area contributed by atoms with E-state index in [0.29, 0.717) is 0 Å². The van der Waals surface area contributed by atoms with Crippen LogP contribution < -0.4 is 10.1 Å². The van der Waals surface area contributed by atoms with E-state index in [4.69, 9.17) is 4.74 Å². The van der Waals surface area contributed by atoms with Gasteiger partial charge in [-0.15, -0.1) is 0 Å². The van der Waals surface area contributed by atoms with Crippen molar-refractivity contribution in [3.05, 3.63) is 59.2 Å². The van der Waals surface area contributed by atoms with Gasteiger partial charge in [0.1, 0.15) is 5.75 Å². The fourth-order valence-electron chi connectivity index (χ4n) is 2.05. The lowest BCUT2D eigenvalue weighted by molar-refractivity contribution is 0.101. The van der Waals surface area contributed by atoms with Crippen molar-refractivity contribution in [1.82, 2.24) is 0 Å². The first-order valence-electron chi connectivity index (χ1n) is 6.58. The number of hydrogen-bond donors (Lipinski definition) is 1. The van der Waals surface area contributed by atoms with E-state index in [9.17, 15) is 4.79 Å². The van der Waals surface area contributed by atoms with Gasteiger partial charge in [0.2, 0.25) is 0 Å². The van der Waals surface area contributed by atoms with Crippen LogP contribution in [0.1, 0.15) is 21.5 Å². The first-order valence-corrected chi connectivity index (χ1v) is 6.58. The number of nitrogens with one attached hydrogen (secondary N) is 1. The second-order valence-corrected chi connectivity index (χ2v) is 4.83. The minimum atomic E-state index is 0.0917. The highest BCUT2D eigenvalue weighted by molar-refractivity contribution is 6.00. The molecule has 0 aliphatic carbocycles. The molecule has 3 nitrogen and oxygen atoms in total. The second-order valence-electron chi connectivity index (χ2n) is 4.83. The van der Waals surface area contributed by atoms with Gasteiger partial charge in [-0.25, -0.2) is 0 Å². The number of aryl methyl sites for hydroxylation is 2. The van der Waals surface area contributed by atoms with E-state index in [1.807, 2.05) is 56.3 Å². The minimum absolute atomic E-state index is 0.0917. The quantitative estimate of drug-likeness (QED) is 0.843. The van der Waals surface area contributed by atoms with Gasteiger partial charge in [-0.3, -0.25) is 4.79 Å². The number of carbonyl (C=O) groups excluding carboxylic acids is 1. The van der Waals surface area contributed by atoms with Crippen molar-refractivity contribution in [2.45, 2.75) is 13.8 Å². The molecule has 104 valence electrons. The predicted octanol–water partition coefficient (Wildman–Crippen LogP) is 3.61. The summed E-state index contributed by atoms with van der Waals surface area (Å²) < 4.78 is 5.16. The van der Waals surface area contributed by atoms with Crippen LogP contribution in [0.2, 0.25) is 0 Å². The molecule has 0 saturated heterocycles. The third-order valence-electron chi connectivity index (χ3n) is 3.22. The molecule has 0 saturated carbocycles. The standard InChI is InChI=1S/C17H19NO2/c1-12-7-8-13(2)16(9-12)17(19)11-18-14-5-4-6-15(10-14)20-3/h4-10,18H,11H2,1-3H3. The minimum Gasteiger partial charge on any atom is -0.497 e. The predicted molar refractivity (Wildman–Crippen MR) is 81.7 cm³/mol. The molecule has 0 unspecified atom stereocenters. The highest BCUT2D eigenvalue weighted by atomic mass is 16.5. The van der Waals surface area contributed by atoms with E-state index in [0.717, 1.165) is 28.1 Å². The summed E-state index contributed by atoms with van der Waals surface area (Å²) in [6, 6.07) is 13.5. The molecular formula is C17H19NO2. The number of benzene rings is 2. The summed E-state index contributed by atoms with van der Waals surface area (Å²) in [5.41, 5.74) is 3.76. The van der Waals surface area contributed by atoms with Crippen LogP contribution >= 0.6 is 0 Å². The van der Waals surface area contributed by atoms with Crippen molar-refractivity contribution in [3.8, 4) is 5.75 Å². The highest BCUT2D eigenvalue weighted by Crippen LogP contribution is 2.17. The molecule has 0 amide bonds. The van der Waals surface area contributed by atoms with Crippen molar-refractivity contribution < 1.29 is 9.53 Å². The zero-order chi connectivity index (χ0) is 14.5. The van der Waals surface area contributed by atoms with Gasteiger partial charge < -0.3 is 10.1 Å². The number of methoxy groups -OCH3 is 1. The molecule has 0 atom stereocenters. The average Bonchev–Trinajstić information content (AvgIpc) is 2.47. The largest absolute Gasteiger partial charge is 0.497 e. The number of Topliss-reactive ketones (excluding diaryl/α,β-unsaturated/α-hetero) is 1. The zero-order valence-corrected chi connectivity index (χ0v) is 12.1. The van der Waals surface area contributed by atoms with Crippen LogP contribution in [-0.4, -0.2) is 19.4 Å². The highest BCUT2D eigenvalue weighted by Gasteiger charge is 2.09. The molecule has 0 aromatic heterocycles. The fraction of sp³-hybridized carbons (Fsp3) is 0.235. The smallest absolute Gasteiger partial charge is 0.182 e. The number of ether oxygens (including phenoxy) is 1. The number of rotatable bonds is 5. The van der Waals surface area contributed by atoms with Crippen LogP contribution in [0.25, 0.3) is 0 Å². The molecule has 3 heteroatoms. The molecule has 2 aromatic carbocycles. The van der Waals surface area contributed by atoms with Gasteiger partial charge >= 0.3 is 0 Å². The van der Waals surface area contributed by atoms with E-state index >= 15 is 0 Å². The van der Waals surface area contributed by atoms with Gasteiger partial charge in [-0.05, 0) is 37.6 Å². The average molecular weight is 269 g/mol. The molecule has 0 spiro atoms. The molecule has 0 aliphatic heterocycles. The summed E-state index contributed by atoms with van der Waals surface area (Å²) >= 11 is 0. The van der Waals surface area contributed by atoms with Crippen LogP contribution in [0, 0.1) is 13.8 Å². The maximum atomic E-state index is 12.3. The molecule has 20 heavy (non-hydrogen) atoms. The van der Waals surface area contributed by atoms with Gasteiger partial charge in [0, 0.05) is 17.3 Å².